The van der Waals surface area contributed by atoms with Gasteiger partial charge in [-0.25, -0.2) is 0 Å². The number of anilines is 1. The predicted molar refractivity (Wildman–Crippen MR) is 68.4 cm³/mol. The molecule has 0 fully saturated rings. The maximum absolute atomic E-state index is 11.7. The Morgan fingerprint density at radius 3 is 2.61 bits per heavy atom. The van der Waals surface area contributed by atoms with Gasteiger partial charge in [-0.3, -0.25) is 9.59 Å². The fraction of sp³-hybridized carbons (Fsp3) is 0.333. The van der Waals surface area contributed by atoms with E-state index in [-0.39, 0.29) is 11.5 Å². The monoisotopic (exact) mass is 251 g/mol. The second kappa shape index (κ2) is 6.02. The minimum Gasteiger partial charge on any atom is -0.495 e. The van der Waals surface area contributed by atoms with Crippen LogP contribution in [0.15, 0.2) is 18.2 Å². The van der Waals surface area contributed by atoms with Crippen LogP contribution in [0.3, 0.4) is 0 Å². The lowest BCUT2D eigenvalue weighted by Crippen LogP contribution is -2.35. The highest BCUT2D eigenvalue weighted by Gasteiger charge is 2.14. The number of hydrogen-bond acceptors (Lipinski definition) is 4. The molecule has 18 heavy (non-hydrogen) atoms. The topological polar surface area (TPSA) is 107 Å². The van der Waals surface area contributed by atoms with Crippen molar-refractivity contribution in [1.29, 1.82) is 0 Å². The fourth-order valence-electron chi connectivity index (χ4n) is 1.37. The van der Waals surface area contributed by atoms with Gasteiger partial charge in [0.1, 0.15) is 5.75 Å². The lowest BCUT2D eigenvalue weighted by atomic mass is 10.1. The second-order valence-electron chi connectivity index (χ2n) is 3.78. The number of benzene rings is 1. The molecule has 0 spiro atoms. The fourth-order valence-corrected chi connectivity index (χ4v) is 1.37. The van der Waals surface area contributed by atoms with Crippen molar-refractivity contribution < 1.29 is 14.3 Å². The van der Waals surface area contributed by atoms with E-state index in [1.165, 1.54) is 19.2 Å². The molecule has 0 radical (unpaired) electrons. The van der Waals surface area contributed by atoms with Crippen molar-refractivity contribution in [2.45, 2.75) is 19.4 Å². The average Bonchev–Trinajstić information content (AvgIpc) is 2.37. The second-order valence-corrected chi connectivity index (χ2v) is 3.78. The van der Waals surface area contributed by atoms with Gasteiger partial charge in [-0.15, -0.1) is 0 Å². The van der Waals surface area contributed by atoms with Gasteiger partial charge in [0.2, 0.25) is 11.8 Å². The van der Waals surface area contributed by atoms with Crippen LogP contribution in [-0.4, -0.2) is 25.0 Å². The summed E-state index contributed by atoms with van der Waals surface area (Å²) >= 11 is 0. The van der Waals surface area contributed by atoms with Crippen molar-refractivity contribution in [2.75, 3.05) is 12.4 Å². The van der Waals surface area contributed by atoms with Gasteiger partial charge in [0.25, 0.3) is 0 Å². The van der Waals surface area contributed by atoms with Gasteiger partial charge < -0.3 is 21.5 Å². The molecule has 0 aliphatic rings. The molecule has 0 aliphatic heterocycles. The van der Waals surface area contributed by atoms with Crippen molar-refractivity contribution >= 4 is 17.5 Å². The SMILES string of the molecule is CC[C@@H](N)C(=O)Nc1cc(C(N)=O)ccc1OC. The number of carbonyl (C=O) groups is 2. The molecule has 0 bridgehead atoms. The summed E-state index contributed by atoms with van der Waals surface area (Å²) in [7, 11) is 1.47. The zero-order chi connectivity index (χ0) is 13.7. The van der Waals surface area contributed by atoms with Gasteiger partial charge in [0.15, 0.2) is 0 Å². The molecule has 0 aromatic heterocycles. The predicted octanol–water partition coefficient (Wildman–Crippen LogP) is 0.470. The highest BCUT2D eigenvalue weighted by molar-refractivity contribution is 5.99. The molecule has 98 valence electrons. The molecule has 0 aliphatic carbocycles. The molecule has 1 atom stereocenters. The van der Waals surface area contributed by atoms with E-state index in [0.717, 1.165) is 0 Å². The lowest BCUT2D eigenvalue weighted by molar-refractivity contribution is -0.117. The summed E-state index contributed by atoms with van der Waals surface area (Å²) in [6.07, 6.45) is 0.518. The summed E-state index contributed by atoms with van der Waals surface area (Å²) in [5, 5.41) is 2.61. The van der Waals surface area contributed by atoms with Gasteiger partial charge >= 0.3 is 0 Å². The van der Waals surface area contributed by atoms with E-state index >= 15 is 0 Å². The molecule has 0 saturated carbocycles. The van der Waals surface area contributed by atoms with Crippen LogP contribution in [0.1, 0.15) is 23.7 Å². The van der Waals surface area contributed by atoms with E-state index in [0.29, 0.717) is 17.9 Å². The van der Waals surface area contributed by atoms with Crippen LogP contribution in [-0.2, 0) is 4.79 Å². The normalized spacial score (nSPS) is 11.7. The zero-order valence-electron chi connectivity index (χ0n) is 10.4. The van der Waals surface area contributed by atoms with E-state index in [4.69, 9.17) is 16.2 Å². The van der Waals surface area contributed by atoms with Crippen molar-refractivity contribution in [2.24, 2.45) is 11.5 Å². The number of hydrogen-bond donors (Lipinski definition) is 3. The van der Waals surface area contributed by atoms with Crippen molar-refractivity contribution in [3.8, 4) is 5.75 Å². The highest BCUT2D eigenvalue weighted by Crippen LogP contribution is 2.25. The first-order valence-electron chi connectivity index (χ1n) is 5.53. The van der Waals surface area contributed by atoms with Crippen LogP contribution < -0.4 is 21.5 Å². The van der Waals surface area contributed by atoms with Gasteiger partial charge in [0, 0.05) is 5.56 Å². The third-order valence-corrected chi connectivity index (χ3v) is 2.52. The number of nitrogens with two attached hydrogens (primary N) is 2. The Hall–Kier alpha value is -2.08. The Morgan fingerprint density at radius 1 is 1.44 bits per heavy atom. The van der Waals surface area contributed by atoms with Gasteiger partial charge in [0.05, 0.1) is 18.8 Å². The summed E-state index contributed by atoms with van der Waals surface area (Å²) in [5.41, 5.74) is 11.4. The molecule has 0 saturated heterocycles. The molecular weight excluding hydrogens is 234 g/mol. The number of ether oxygens (including phenoxy) is 1. The summed E-state index contributed by atoms with van der Waals surface area (Å²) in [6, 6.07) is 3.94. The third-order valence-electron chi connectivity index (χ3n) is 2.52. The molecule has 0 unspecified atom stereocenters. The van der Waals surface area contributed by atoms with Crippen molar-refractivity contribution in [3.63, 3.8) is 0 Å². The maximum atomic E-state index is 11.7. The molecule has 1 aromatic rings. The molecule has 1 aromatic carbocycles. The molecular formula is C12H17N3O3. The maximum Gasteiger partial charge on any atom is 0.248 e. The van der Waals surface area contributed by atoms with Crippen molar-refractivity contribution in [3.05, 3.63) is 23.8 Å². The minimum atomic E-state index is -0.605. The smallest absolute Gasteiger partial charge is 0.248 e. The Balaban J connectivity index is 3.01. The van der Waals surface area contributed by atoms with Gasteiger partial charge in [-0.2, -0.15) is 0 Å². The third kappa shape index (κ3) is 3.21. The first-order valence-corrected chi connectivity index (χ1v) is 5.53. The van der Waals surface area contributed by atoms with Crippen LogP contribution in [0.25, 0.3) is 0 Å². The number of methoxy groups -OCH3 is 1. The van der Waals surface area contributed by atoms with Crippen LogP contribution >= 0.6 is 0 Å². The Kier molecular flexibility index (Phi) is 4.67. The summed E-state index contributed by atoms with van der Waals surface area (Å²) in [6.45, 7) is 1.81. The molecule has 1 rings (SSSR count). The lowest BCUT2D eigenvalue weighted by Gasteiger charge is -2.13. The standard InChI is InChI=1S/C12H17N3O3/c1-3-8(13)12(17)15-9-6-7(11(14)16)4-5-10(9)18-2/h4-6,8H,3,13H2,1-2H3,(H2,14,16)(H,15,17)/t8-/m1/s1. The molecule has 2 amide bonds. The number of carbonyl (C=O) groups excluding carboxylic acids is 2. The van der Waals surface area contributed by atoms with E-state index < -0.39 is 11.9 Å². The van der Waals surface area contributed by atoms with E-state index in [2.05, 4.69) is 5.32 Å². The van der Waals surface area contributed by atoms with Gasteiger partial charge in [-0.1, -0.05) is 6.92 Å². The van der Waals surface area contributed by atoms with Crippen LogP contribution in [0.5, 0.6) is 5.75 Å². The molecule has 6 heteroatoms. The van der Waals surface area contributed by atoms with Crippen molar-refractivity contribution in [1.82, 2.24) is 0 Å². The quantitative estimate of drug-likeness (QED) is 0.706. The number of primary amides is 1. The summed E-state index contributed by atoms with van der Waals surface area (Å²) in [5.74, 6) is -0.470. The summed E-state index contributed by atoms with van der Waals surface area (Å²) < 4.78 is 5.09. The molecule has 0 heterocycles. The largest absolute Gasteiger partial charge is 0.495 e. The highest BCUT2D eigenvalue weighted by atomic mass is 16.5. The number of nitrogens with one attached hydrogen (secondary N) is 1. The van der Waals surface area contributed by atoms with E-state index in [1.54, 1.807) is 13.0 Å². The minimum absolute atomic E-state index is 0.288. The Bertz CT molecular complexity index is 460. The molecule has 5 N–H and O–H groups in total. The number of rotatable bonds is 5. The first-order chi connectivity index (χ1) is 8.49. The van der Waals surface area contributed by atoms with Crippen LogP contribution in [0.2, 0.25) is 0 Å². The van der Waals surface area contributed by atoms with Gasteiger partial charge in [-0.05, 0) is 24.6 Å². The average molecular weight is 251 g/mol. The zero-order valence-corrected chi connectivity index (χ0v) is 10.4. The Labute approximate surface area is 105 Å². The number of amides is 2. The van der Waals surface area contributed by atoms with E-state index in [1.807, 2.05) is 0 Å². The van der Waals surface area contributed by atoms with Crippen LogP contribution in [0.4, 0.5) is 5.69 Å². The van der Waals surface area contributed by atoms with E-state index in [9.17, 15) is 9.59 Å². The molecule has 6 nitrogen and oxygen atoms in total. The first kappa shape index (κ1) is 14.0. The van der Waals surface area contributed by atoms with Crippen LogP contribution in [0, 0.1) is 0 Å². The summed E-state index contributed by atoms with van der Waals surface area (Å²) in [4.78, 5) is 22.8. The Morgan fingerprint density at radius 2 is 2.11 bits per heavy atom.